The molecule has 10 amide bonds. The molecule has 670 valence electrons. The highest BCUT2D eigenvalue weighted by molar-refractivity contribution is 6.04. The van der Waals surface area contributed by atoms with E-state index in [0.717, 1.165) is 25.7 Å². The van der Waals surface area contributed by atoms with Crippen molar-refractivity contribution in [2.24, 2.45) is 11.8 Å². The number of hydrogen-bond donors (Lipinski definition) is 8. The van der Waals surface area contributed by atoms with Crippen LogP contribution in [0.3, 0.4) is 0 Å². The fourth-order valence-electron chi connectivity index (χ4n) is 12.1. The van der Waals surface area contributed by atoms with E-state index in [1.54, 1.807) is 0 Å². The van der Waals surface area contributed by atoms with Crippen molar-refractivity contribution in [2.45, 2.75) is 258 Å². The summed E-state index contributed by atoms with van der Waals surface area (Å²) in [5, 5.41) is 22.3. The van der Waals surface area contributed by atoms with Crippen LogP contribution in [0.15, 0.2) is 0 Å². The summed E-state index contributed by atoms with van der Waals surface area (Å²) in [7, 11) is 0. The second kappa shape index (κ2) is 82.1. The Morgan fingerprint density at radius 2 is 0.539 bits per heavy atom. The molecule has 0 saturated carbocycles. The van der Waals surface area contributed by atoms with E-state index in [9.17, 15) is 47.9 Å². The topological polar surface area (TPSA) is 381 Å². The van der Waals surface area contributed by atoms with Crippen LogP contribution >= 0.6 is 0 Å². The molecule has 1 unspecified atom stereocenters. The summed E-state index contributed by atoms with van der Waals surface area (Å²) in [5.41, 5.74) is 0. The number of imide groups is 1. The summed E-state index contributed by atoms with van der Waals surface area (Å²) < 4.78 is 66.6. The number of nitrogens with zero attached hydrogens (tertiary/aromatic N) is 1. The molecule has 0 aromatic carbocycles. The van der Waals surface area contributed by atoms with Gasteiger partial charge in [-0.25, -0.2) is 0 Å². The van der Waals surface area contributed by atoms with Crippen LogP contribution in [0.4, 0.5) is 0 Å². The van der Waals surface area contributed by atoms with E-state index in [0.29, 0.717) is 158 Å². The Morgan fingerprint density at radius 1 is 0.296 bits per heavy atom. The van der Waals surface area contributed by atoms with Crippen molar-refractivity contribution in [1.29, 1.82) is 0 Å². The highest BCUT2D eigenvalue weighted by atomic mass is 16.6. The van der Waals surface area contributed by atoms with E-state index in [1.165, 1.54) is 146 Å². The lowest BCUT2D eigenvalue weighted by Gasteiger charge is -2.19. The molecular weight excluding hydrogens is 1490 g/mol. The molecule has 31 nitrogen and oxygen atoms in total. The first-order valence-electron chi connectivity index (χ1n) is 44.1. The third-order valence-electron chi connectivity index (χ3n) is 19.0. The predicted octanol–water partition coefficient (Wildman–Crippen LogP) is 7.82. The van der Waals surface area contributed by atoms with Gasteiger partial charge in [0.05, 0.1) is 159 Å². The second-order valence-corrected chi connectivity index (χ2v) is 29.3. The molecule has 1 saturated heterocycles. The minimum absolute atomic E-state index is 0.0128. The minimum atomic E-state index is -1.06. The number of rotatable bonds is 88. The molecule has 115 heavy (non-hydrogen) atoms. The van der Waals surface area contributed by atoms with Crippen LogP contribution in [0.25, 0.3) is 0 Å². The van der Waals surface area contributed by atoms with Gasteiger partial charge in [0.15, 0.2) is 0 Å². The largest absolute Gasteiger partial charge is 0.379 e. The van der Waals surface area contributed by atoms with Crippen LogP contribution in [0, 0.1) is 11.8 Å². The number of nitrogens with one attached hydrogen (secondary N) is 8. The monoisotopic (exact) mass is 1640 g/mol. The molecule has 2 atom stereocenters. The van der Waals surface area contributed by atoms with Crippen LogP contribution in [0.5, 0.6) is 0 Å². The number of ether oxygens (including phenoxy) is 12. The normalized spacial score (nSPS) is 13.0. The molecule has 1 heterocycles. The van der Waals surface area contributed by atoms with Crippen molar-refractivity contribution < 1.29 is 105 Å². The third-order valence-corrected chi connectivity index (χ3v) is 19.0. The zero-order valence-corrected chi connectivity index (χ0v) is 71.5. The minimum Gasteiger partial charge on any atom is -0.379 e. The van der Waals surface area contributed by atoms with Crippen LogP contribution in [0.1, 0.15) is 252 Å². The fraction of sp³-hybridized carbons (Fsp3) is 0.881. The van der Waals surface area contributed by atoms with Crippen LogP contribution in [0.2, 0.25) is 0 Å². The van der Waals surface area contributed by atoms with Crippen molar-refractivity contribution in [3.8, 4) is 0 Å². The van der Waals surface area contributed by atoms with Gasteiger partial charge in [-0.2, -0.15) is 0 Å². The van der Waals surface area contributed by atoms with Gasteiger partial charge >= 0.3 is 0 Å². The molecule has 31 heteroatoms. The maximum Gasteiger partial charge on any atom is 0.242 e. The van der Waals surface area contributed by atoms with Crippen molar-refractivity contribution in [2.75, 3.05) is 211 Å². The van der Waals surface area contributed by atoms with E-state index in [-0.39, 0.29) is 170 Å². The first kappa shape index (κ1) is 107. The maximum atomic E-state index is 13.4. The summed E-state index contributed by atoms with van der Waals surface area (Å²) >= 11 is 0. The molecule has 1 rings (SSSR count). The smallest absolute Gasteiger partial charge is 0.242 e. The van der Waals surface area contributed by atoms with Crippen LogP contribution in [-0.2, 0) is 105 Å². The molecule has 1 fully saturated rings. The first-order valence-corrected chi connectivity index (χ1v) is 44.1. The van der Waals surface area contributed by atoms with Gasteiger partial charge in [-0.15, -0.1) is 0 Å². The van der Waals surface area contributed by atoms with E-state index in [1.807, 2.05) is 13.8 Å². The third kappa shape index (κ3) is 72.2. The van der Waals surface area contributed by atoms with Crippen LogP contribution < -0.4 is 42.5 Å². The number of amides is 10. The van der Waals surface area contributed by atoms with Gasteiger partial charge in [-0.1, -0.05) is 182 Å². The quantitative estimate of drug-likeness (QED) is 0.0212. The number of hydrogen-bond acceptors (Lipinski definition) is 22. The molecule has 1 aliphatic heterocycles. The maximum absolute atomic E-state index is 13.4. The Hall–Kier alpha value is -5.58. The lowest BCUT2D eigenvalue weighted by molar-refractivity contribution is -0.140. The zero-order valence-electron chi connectivity index (χ0n) is 71.5. The predicted molar refractivity (Wildman–Crippen MR) is 441 cm³/mol. The zero-order chi connectivity index (χ0) is 83.6. The van der Waals surface area contributed by atoms with Crippen molar-refractivity contribution >= 4 is 59.1 Å². The Bertz CT molecular complexity index is 2410. The van der Waals surface area contributed by atoms with Crippen molar-refractivity contribution in [3.05, 3.63) is 0 Å². The lowest BCUT2D eigenvalue weighted by atomic mass is 9.94. The van der Waals surface area contributed by atoms with Gasteiger partial charge in [0.1, 0.15) is 6.04 Å². The van der Waals surface area contributed by atoms with Gasteiger partial charge in [-0.05, 0) is 25.2 Å². The first-order chi connectivity index (χ1) is 56.2. The Balaban J connectivity index is 2.26. The summed E-state index contributed by atoms with van der Waals surface area (Å²) in [4.78, 5) is 126. The van der Waals surface area contributed by atoms with Crippen molar-refractivity contribution in [1.82, 2.24) is 47.4 Å². The molecular formula is C84H157N9O22. The Labute approximate surface area is 689 Å². The van der Waals surface area contributed by atoms with E-state index in [2.05, 4.69) is 56.4 Å². The Morgan fingerprint density at radius 3 is 0.852 bits per heavy atom. The summed E-state index contributed by atoms with van der Waals surface area (Å²) in [6.07, 6.45) is 34.1. The van der Waals surface area contributed by atoms with Gasteiger partial charge in [0, 0.05) is 110 Å². The SMILES string of the molecule is CCCCCCCCCCCCCCCC(=O)NCCOCCNC(=O)CCOCCNC(=O)CC[C@H](NC(=O)CCOCCOCCOCCOCCOCCOCCOCCOCCNC(=O)CCN1C(=O)CC(C(C)C)C1=O)C(=O)NCCOCCC(=O)NCCOCCNC(=O)CCCCCCCCCCCCCCC. The molecule has 1 aliphatic rings. The number of carbonyl (C=O) groups is 10. The highest BCUT2D eigenvalue weighted by Gasteiger charge is 2.40. The molecule has 0 radical (unpaired) electrons. The van der Waals surface area contributed by atoms with Gasteiger partial charge in [0.2, 0.25) is 59.1 Å². The van der Waals surface area contributed by atoms with Gasteiger partial charge in [-0.3, -0.25) is 52.8 Å². The summed E-state index contributed by atoms with van der Waals surface area (Å²) in [6, 6.07) is -1.06. The highest BCUT2D eigenvalue weighted by Crippen LogP contribution is 2.26. The lowest BCUT2D eigenvalue weighted by Crippen LogP contribution is -2.48. The van der Waals surface area contributed by atoms with E-state index >= 15 is 0 Å². The van der Waals surface area contributed by atoms with Gasteiger partial charge in [0.25, 0.3) is 0 Å². The van der Waals surface area contributed by atoms with E-state index < -0.39 is 17.9 Å². The fourth-order valence-corrected chi connectivity index (χ4v) is 12.1. The molecule has 0 aliphatic carbocycles. The molecule has 0 aromatic rings. The standard InChI is InChI=1S/C84H157N9O22/c1-5-7-9-11-13-15-17-19-21-23-25-27-29-31-75(94)85-40-51-107-53-42-89-79(98)36-47-104-50-39-87-77(96)34-33-74(83(102)91-45-56-105-48-37-80(99)90-43-54-108-52-41-86-76(95)32-30-28-26-24-22-20-18-16-14-12-10-8-6-2)92-81(100)38-49-106-57-59-110-61-63-112-65-67-114-69-70-115-68-66-113-64-62-111-60-58-109-55-44-88-78(97)35-46-93-82(101)71-73(72(3)4)84(93)103/h72-74H,5-71H2,1-4H3,(H,85,94)(H,86,95)(H,87,96)(H,88,97)(H,89,98)(H,90,99)(H,91,102)(H,92,100)/t73?,74-/m0/s1. The number of unbranched alkanes of at least 4 members (excludes halogenated alkanes) is 24. The molecule has 0 aromatic heterocycles. The summed E-state index contributed by atoms with van der Waals surface area (Å²) in [5.74, 6) is -2.64. The van der Waals surface area contributed by atoms with Crippen LogP contribution in [-0.4, -0.2) is 281 Å². The summed E-state index contributed by atoms with van der Waals surface area (Å²) in [6.45, 7) is 17.5. The average Bonchev–Trinajstić information content (AvgIpc) is 1.68. The molecule has 0 spiro atoms. The number of likely N-dealkylation sites (tertiary alicyclic amines) is 1. The van der Waals surface area contributed by atoms with E-state index in [4.69, 9.17) is 56.8 Å². The number of carbonyl (C=O) groups excluding carboxylic acids is 10. The molecule has 8 N–H and O–H groups in total. The second-order valence-electron chi connectivity index (χ2n) is 29.3. The Kier molecular flexibility index (Phi) is 76.7. The average molecular weight is 1650 g/mol. The van der Waals surface area contributed by atoms with Gasteiger partial charge < -0.3 is 99.4 Å². The van der Waals surface area contributed by atoms with Crippen molar-refractivity contribution in [3.63, 3.8) is 0 Å². The molecule has 0 bridgehead atoms.